The van der Waals surface area contributed by atoms with Crippen LogP contribution in [0.5, 0.6) is 0 Å². The Kier molecular flexibility index (Phi) is 5.21. The van der Waals surface area contributed by atoms with Crippen LogP contribution in [0.4, 0.5) is 4.39 Å². The van der Waals surface area contributed by atoms with Crippen molar-refractivity contribution >= 4 is 15.9 Å². The lowest BCUT2D eigenvalue weighted by Crippen LogP contribution is -2.57. The zero-order chi connectivity index (χ0) is 14.8. The highest BCUT2D eigenvalue weighted by molar-refractivity contribution is 9.10. The maximum Gasteiger partial charge on any atom is 0.124 e. The molecule has 0 aromatic heterocycles. The monoisotopic (exact) mass is 342 g/mol. The van der Waals surface area contributed by atoms with Gasteiger partial charge in [0.25, 0.3) is 0 Å². The Bertz CT molecular complexity index is 436. The zero-order valence-electron chi connectivity index (χ0n) is 12.5. The molecule has 4 heteroatoms. The van der Waals surface area contributed by atoms with E-state index in [1.165, 1.54) is 31.7 Å². The molecule has 1 N–H and O–H groups in total. The third-order valence-corrected chi connectivity index (χ3v) is 5.18. The Hall–Kier alpha value is -0.450. The van der Waals surface area contributed by atoms with Gasteiger partial charge in [-0.3, -0.25) is 0 Å². The zero-order valence-corrected chi connectivity index (χ0v) is 14.1. The Labute approximate surface area is 129 Å². The van der Waals surface area contributed by atoms with E-state index in [0.29, 0.717) is 6.04 Å². The minimum Gasteiger partial charge on any atom is -0.315 e. The highest BCUT2D eigenvalue weighted by Crippen LogP contribution is 2.38. The topological polar surface area (TPSA) is 15.3 Å². The molecule has 0 saturated heterocycles. The molecule has 0 heterocycles. The molecule has 0 amide bonds. The van der Waals surface area contributed by atoms with Gasteiger partial charge in [-0.05, 0) is 64.2 Å². The van der Waals surface area contributed by atoms with Crippen molar-refractivity contribution in [2.45, 2.75) is 43.7 Å². The highest BCUT2D eigenvalue weighted by atomic mass is 79.9. The molecule has 0 spiro atoms. The van der Waals surface area contributed by atoms with Crippen molar-refractivity contribution in [1.29, 1.82) is 0 Å². The molecule has 20 heavy (non-hydrogen) atoms. The van der Waals surface area contributed by atoms with E-state index in [-0.39, 0.29) is 11.4 Å². The van der Waals surface area contributed by atoms with Crippen LogP contribution in [-0.4, -0.2) is 37.6 Å². The predicted octanol–water partition coefficient (Wildman–Crippen LogP) is 3.59. The van der Waals surface area contributed by atoms with Crippen molar-refractivity contribution in [3.05, 3.63) is 34.1 Å². The molecule has 1 unspecified atom stereocenters. The molecular formula is C16H24BrFN2. The standard InChI is InChI=1S/C16H24BrFN2/c1-19-15(16(20(2)3)6-4-5-7-16)10-12-8-13(17)11-14(18)9-12/h8-9,11,15,19H,4-7,10H2,1-3H3. The molecule has 1 aliphatic rings. The first-order valence-corrected chi connectivity index (χ1v) is 8.07. The van der Waals surface area contributed by atoms with Crippen LogP contribution in [0.15, 0.2) is 22.7 Å². The number of hydrogen-bond acceptors (Lipinski definition) is 2. The van der Waals surface area contributed by atoms with Crippen LogP contribution in [0.1, 0.15) is 31.2 Å². The number of rotatable bonds is 5. The summed E-state index contributed by atoms with van der Waals surface area (Å²) in [5, 5.41) is 3.47. The third-order valence-electron chi connectivity index (χ3n) is 4.72. The molecule has 0 radical (unpaired) electrons. The quantitative estimate of drug-likeness (QED) is 0.879. The maximum absolute atomic E-state index is 13.6. The first kappa shape index (κ1) is 15.9. The fourth-order valence-electron chi connectivity index (χ4n) is 3.62. The van der Waals surface area contributed by atoms with Gasteiger partial charge in [0, 0.05) is 16.1 Å². The van der Waals surface area contributed by atoms with Gasteiger partial charge in [-0.25, -0.2) is 4.39 Å². The second-order valence-corrected chi connectivity index (χ2v) is 6.94. The summed E-state index contributed by atoms with van der Waals surface area (Å²) in [7, 11) is 6.34. The smallest absolute Gasteiger partial charge is 0.124 e. The van der Waals surface area contributed by atoms with Crippen LogP contribution in [0, 0.1) is 5.82 Å². The Morgan fingerprint density at radius 3 is 2.45 bits per heavy atom. The Balaban J connectivity index is 2.23. The van der Waals surface area contributed by atoms with Crippen LogP contribution in [0.3, 0.4) is 0 Å². The van der Waals surface area contributed by atoms with Gasteiger partial charge in [-0.2, -0.15) is 0 Å². The summed E-state index contributed by atoms with van der Waals surface area (Å²) in [5.74, 6) is -0.172. The Morgan fingerprint density at radius 1 is 1.30 bits per heavy atom. The lowest BCUT2D eigenvalue weighted by Gasteiger charge is -2.43. The van der Waals surface area contributed by atoms with Crippen molar-refractivity contribution in [3.8, 4) is 0 Å². The number of nitrogens with zero attached hydrogens (tertiary/aromatic N) is 1. The average Bonchev–Trinajstić information content (AvgIpc) is 2.85. The molecule has 1 aliphatic carbocycles. The fourth-order valence-corrected chi connectivity index (χ4v) is 4.13. The van der Waals surface area contributed by atoms with E-state index in [1.807, 2.05) is 13.1 Å². The molecule has 1 aromatic carbocycles. The molecule has 112 valence electrons. The maximum atomic E-state index is 13.6. The van der Waals surface area contributed by atoms with Crippen LogP contribution in [0.25, 0.3) is 0 Å². The Morgan fingerprint density at radius 2 is 1.95 bits per heavy atom. The van der Waals surface area contributed by atoms with Gasteiger partial charge in [0.2, 0.25) is 0 Å². The van der Waals surface area contributed by atoms with E-state index in [2.05, 4.69) is 40.2 Å². The summed E-state index contributed by atoms with van der Waals surface area (Å²) in [6.45, 7) is 0. The van der Waals surface area contributed by atoms with Gasteiger partial charge in [0.15, 0.2) is 0 Å². The molecule has 1 aromatic rings. The first-order valence-electron chi connectivity index (χ1n) is 7.27. The normalized spacial score (nSPS) is 19.5. The lowest BCUT2D eigenvalue weighted by atomic mass is 9.83. The van der Waals surface area contributed by atoms with Gasteiger partial charge >= 0.3 is 0 Å². The number of hydrogen-bond donors (Lipinski definition) is 1. The van der Waals surface area contributed by atoms with Crippen molar-refractivity contribution < 1.29 is 4.39 Å². The van der Waals surface area contributed by atoms with E-state index in [9.17, 15) is 4.39 Å². The van der Waals surface area contributed by atoms with Crippen molar-refractivity contribution in [2.24, 2.45) is 0 Å². The van der Waals surface area contributed by atoms with Crippen LogP contribution >= 0.6 is 15.9 Å². The van der Waals surface area contributed by atoms with E-state index in [0.717, 1.165) is 16.5 Å². The third kappa shape index (κ3) is 3.23. The van der Waals surface area contributed by atoms with Gasteiger partial charge in [-0.1, -0.05) is 28.8 Å². The molecule has 0 bridgehead atoms. The fraction of sp³-hybridized carbons (Fsp3) is 0.625. The largest absolute Gasteiger partial charge is 0.315 e. The van der Waals surface area contributed by atoms with E-state index >= 15 is 0 Å². The molecule has 2 rings (SSSR count). The van der Waals surface area contributed by atoms with Gasteiger partial charge in [0.1, 0.15) is 5.82 Å². The van der Waals surface area contributed by atoms with E-state index < -0.39 is 0 Å². The summed E-state index contributed by atoms with van der Waals surface area (Å²) in [5.41, 5.74) is 1.23. The second kappa shape index (κ2) is 6.54. The van der Waals surface area contributed by atoms with Crippen LogP contribution in [-0.2, 0) is 6.42 Å². The van der Waals surface area contributed by atoms with Crippen LogP contribution < -0.4 is 5.32 Å². The highest BCUT2D eigenvalue weighted by Gasteiger charge is 2.42. The molecule has 1 fully saturated rings. The summed E-state index contributed by atoms with van der Waals surface area (Å²) >= 11 is 3.38. The molecule has 1 saturated carbocycles. The minimum atomic E-state index is -0.172. The number of likely N-dealkylation sites (N-methyl/N-ethyl adjacent to an activating group) is 2. The molecular weight excluding hydrogens is 319 g/mol. The van der Waals surface area contributed by atoms with Crippen molar-refractivity contribution in [1.82, 2.24) is 10.2 Å². The number of benzene rings is 1. The van der Waals surface area contributed by atoms with E-state index in [4.69, 9.17) is 0 Å². The summed E-state index contributed by atoms with van der Waals surface area (Å²) < 4.78 is 14.4. The predicted molar refractivity (Wildman–Crippen MR) is 85.5 cm³/mol. The number of nitrogens with one attached hydrogen (secondary N) is 1. The molecule has 0 aliphatic heterocycles. The minimum absolute atomic E-state index is 0.172. The average molecular weight is 343 g/mol. The summed E-state index contributed by atoms with van der Waals surface area (Å²) in [6, 6.07) is 5.52. The van der Waals surface area contributed by atoms with E-state index in [1.54, 1.807) is 6.07 Å². The molecule has 2 nitrogen and oxygen atoms in total. The van der Waals surface area contributed by atoms with Crippen molar-refractivity contribution in [3.63, 3.8) is 0 Å². The molecule has 1 atom stereocenters. The first-order chi connectivity index (χ1) is 9.48. The SMILES string of the molecule is CNC(Cc1cc(F)cc(Br)c1)C1(N(C)C)CCCC1. The van der Waals surface area contributed by atoms with Gasteiger partial charge in [0.05, 0.1) is 0 Å². The second-order valence-electron chi connectivity index (χ2n) is 6.03. The van der Waals surface area contributed by atoms with Gasteiger partial charge < -0.3 is 10.2 Å². The lowest BCUT2D eigenvalue weighted by molar-refractivity contribution is 0.108. The van der Waals surface area contributed by atoms with Crippen molar-refractivity contribution in [2.75, 3.05) is 21.1 Å². The number of halogens is 2. The van der Waals surface area contributed by atoms with Gasteiger partial charge in [-0.15, -0.1) is 0 Å². The summed E-state index contributed by atoms with van der Waals surface area (Å²) in [4.78, 5) is 2.36. The summed E-state index contributed by atoms with van der Waals surface area (Å²) in [6.07, 6.45) is 5.83. The van der Waals surface area contributed by atoms with Crippen LogP contribution in [0.2, 0.25) is 0 Å².